The van der Waals surface area contributed by atoms with Crippen molar-refractivity contribution in [2.45, 2.75) is 121 Å². The second-order valence-electron chi connectivity index (χ2n) is 19.3. The van der Waals surface area contributed by atoms with Crippen molar-refractivity contribution in [2.75, 3.05) is 31.6 Å². The largest absolute Gasteiger partial charge is 0.489 e. The third kappa shape index (κ3) is 7.71. The Balaban J connectivity index is 1.03. The van der Waals surface area contributed by atoms with Gasteiger partial charge in [-0.3, -0.25) is 23.9 Å². The number of Topliss-reactive ketones (excluding diaryl/α,β-unsaturated/α-hetero) is 1. The summed E-state index contributed by atoms with van der Waals surface area (Å²) in [5, 5.41) is 1.58. The number of nitrogens with one attached hydrogen (secondary N) is 1. The molecule has 318 valence electrons. The Labute approximate surface area is 347 Å². The number of allylic oxidation sites excluding steroid dienone is 2. The predicted octanol–water partition coefficient (Wildman–Crippen LogP) is 5.74. The first-order valence-electron chi connectivity index (χ1n) is 21.8. The van der Waals surface area contributed by atoms with Gasteiger partial charge in [-0.2, -0.15) is 0 Å². The van der Waals surface area contributed by atoms with Crippen molar-refractivity contribution >= 4 is 50.1 Å². The summed E-state index contributed by atoms with van der Waals surface area (Å²) in [4.78, 5) is 65.9. The van der Waals surface area contributed by atoms with Crippen molar-refractivity contribution in [1.29, 1.82) is 0 Å². The molecule has 2 aromatic rings. The van der Waals surface area contributed by atoms with E-state index in [-0.39, 0.29) is 67.3 Å². The summed E-state index contributed by atoms with van der Waals surface area (Å²) in [7, 11) is -1.93. The average Bonchev–Trinajstić information content (AvgIpc) is 4.15. The van der Waals surface area contributed by atoms with E-state index in [1.807, 2.05) is 44.3 Å². The number of esters is 1. The van der Waals surface area contributed by atoms with E-state index in [1.54, 1.807) is 18.0 Å². The number of carbonyl (C=O) groups is 4. The second-order valence-corrected chi connectivity index (χ2v) is 21.5. The topological polar surface area (TPSA) is 162 Å². The Morgan fingerprint density at radius 2 is 1.80 bits per heavy atom. The Kier molecular flexibility index (Phi) is 10.3. The molecule has 1 aromatic heterocycles. The maximum atomic E-state index is 15.1. The van der Waals surface area contributed by atoms with Gasteiger partial charge in [0.2, 0.25) is 27.7 Å². The minimum absolute atomic E-state index is 0.0759. The average molecular weight is 831 g/mol. The predicted molar refractivity (Wildman–Crippen MR) is 220 cm³/mol. The summed E-state index contributed by atoms with van der Waals surface area (Å²) in [6.45, 7) is 7.17. The molecule has 1 unspecified atom stereocenters. The van der Waals surface area contributed by atoms with Gasteiger partial charge in [0.25, 0.3) is 0 Å². The van der Waals surface area contributed by atoms with Crippen LogP contribution in [0.5, 0.6) is 11.6 Å². The van der Waals surface area contributed by atoms with E-state index in [0.29, 0.717) is 50.0 Å². The summed E-state index contributed by atoms with van der Waals surface area (Å²) in [6, 6.07) is 4.85. The number of anilines is 1. The van der Waals surface area contributed by atoms with Gasteiger partial charge in [0.05, 0.1) is 47.3 Å². The van der Waals surface area contributed by atoms with Crippen molar-refractivity contribution in [3.8, 4) is 11.6 Å². The standard InChI is InChI=1S/C45H58N4O9S/c1-26-7-5-6-8-30-23-45(30,43(53)47-59(54,55)44(3)12-13-44)24-38(50)37-21-32(58-41-34-9-10-36-40(33(34)11-14-46-41)56-16-15-48(36)4)25-49(37)42(52)35(27(2)17-26)22-39(51)57-31-19-28-18-29(28)20-31/h6,8-11,14,26-32,35,37H,5,7,12-13,15-25H2,1-4H3,(H,47,53)/b8-6-/t26-,27-,28-,29+,30-,31?,32-,35+,37+,45-/m1/s1. The fourth-order valence-corrected chi connectivity index (χ4v) is 11.9. The van der Waals surface area contributed by atoms with Crippen molar-refractivity contribution in [3.63, 3.8) is 0 Å². The number of fused-ring (bicyclic) bond motifs is 6. The van der Waals surface area contributed by atoms with E-state index in [2.05, 4.69) is 21.5 Å². The van der Waals surface area contributed by atoms with Crippen molar-refractivity contribution in [3.05, 3.63) is 36.5 Å². The van der Waals surface area contributed by atoms with Crippen LogP contribution < -0.4 is 19.1 Å². The smallest absolute Gasteiger partial charge is 0.306 e. The van der Waals surface area contributed by atoms with Crippen LogP contribution in [0.15, 0.2) is 36.5 Å². The van der Waals surface area contributed by atoms with Gasteiger partial charge in [-0.05, 0) is 112 Å². The van der Waals surface area contributed by atoms with E-state index in [9.17, 15) is 22.8 Å². The molecule has 4 heterocycles. The first kappa shape index (κ1) is 40.2. The lowest BCUT2D eigenvalue weighted by molar-refractivity contribution is -0.155. The summed E-state index contributed by atoms with van der Waals surface area (Å²) in [6.07, 6.45) is 11.2. The lowest BCUT2D eigenvalue weighted by Crippen LogP contribution is -2.48. The lowest BCUT2D eigenvalue weighted by atomic mass is 9.82. The van der Waals surface area contributed by atoms with Crippen LogP contribution in [0.25, 0.3) is 10.8 Å². The molecule has 1 aromatic carbocycles. The summed E-state index contributed by atoms with van der Waals surface area (Å²) in [5.74, 6) is -0.318. The van der Waals surface area contributed by atoms with Crippen LogP contribution in [-0.4, -0.2) is 91.6 Å². The third-order valence-corrected chi connectivity index (χ3v) is 17.0. The molecule has 4 aliphatic carbocycles. The van der Waals surface area contributed by atoms with Crippen molar-refractivity contribution in [2.24, 2.45) is 40.9 Å². The molecular weight excluding hydrogens is 773 g/mol. The molecule has 4 saturated carbocycles. The van der Waals surface area contributed by atoms with Gasteiger partial charge in [-0.1, -0.05) is 26.0 Å². The number of hydrogen-bond acceptors (Lipinski definition) is 11. The molecule has 13 nitrogen and oxygen atoms in total. The van der Waals surface area contributed by atoms with Crippen LogP contribution in [0, 0.1) is 40.9 Å². The Morgan fingerprint density at radius 1 is 1.02 bits per heavy atom. The highest BCUT2D eigenvalue weighted by atomic mass is 32.2. The summed E-state index contributed by atoms with van der Waals surface area (Å²) < 4.78 is 46.7. The van der Waals surface area contributed by atoms with Crippen molar-refractivity contribution < 1.29 is 41.8 Å². The molecule has 5 fully saturated rings. The number of nitrogens with zero attached hydrogens (tertiary/aromatic N) is 3. The SMILES string of the molecule is C[C@@H]1CC/C=C\[C@@H]2C[C@@]2(C(=O)NS(=O)(=O)C2(C)CC2)CC(=O)[C@@H]2C[C@@H](Oc3nccc4c5c(ccc34)N(C)CCO5)CN2C(=O)[C@@H](CC(=O)OC2C[C@@H]3C[C@@H]3C2)[C@H](C)C1. The minimum atomic E-state index is -3.95. The number of ketones is 1. The second kappa shape index (κ2) is 15.1. The molecule has 1 N–H and O–H groups in total. The molecule has 0 radical (unpaired) electrons. The molecule has 7 aliphatic rings. The number of ether oxygens (including phenoxy) is 3. The van der Waals surface area contributed by atoms with Crippen LogP contribution in [0.4, 0.5) is 5.69 Å². The van der Waals surface area contributed by atoms with E-state index in [4.69, 9.17) is 14.2 Å². The van der Waals surface area contributed by atoms with Crippen LogP contribution in [0.1, 0.15) is 97.8 Å². The van der Waals surface area contributed by atoms with Gasteiger partial charge in [-0.15, -0.1) is 0 Å². The maximum Gasteiger partial charge on any atom is 0.306 e. The zero-order valence-corrected chi connectivity index (χ0v) is 35.5. The fraction of sp³-hybridized carbons (Fsp3) is 0.667. The molecule has 0 spiro atoms. The zero-order valence-electron chi connectivity index (χ0n) is 34.7. The minimum Gasteiger partial charge on any atom is -0.489 e. The van der Waals surface area contributed by atoms with Gasteiger partial charge >= 0.3 is 5.97 Å². The number of aromatic nitrogens is 1. The maximum absolute atomic E-state index is 15.1. The highest BCUT2D eigenvalue weighted by molar-refractivity contribution is 7.91. The van der Waals surface area contributed by atoms with E-state index >= 15 is 4.79 Å². The number of hydrogen-bond donors (Lipinski definition) is 1. The number of pyridine rings is 1. The molecule has 0 bridgehead atoms. The van der Waals surface area contributed by atoms with E-state index < -0.39 is 44.2 Å². The van der Waals surface area contributed by atoms with Gasteiger partial charge < -0.3 is 24.0 Å². The van der Waals surface area contributed by atoms with Crippen LogP contribution >= 0.6 is 0 Å². The van der Waals surface area contributed by atoms with E-state index in [0.717, 1.165) is 54.4 Å². The highest BCUT2D eigenvalue weighted by Crippen LogP contribution is 2.58. The van der Waals surface area contributed by atoms with E-state index in [1.165, 1.54) is 6.42 Å². The molecule has 10 atom stereocenters. The number of amides is 2. The van der Waals surface area contributed by atoms with Gasteiger partial charge in [0.1, 0.15) is 18.8 Å². The number of benzene rings is 1. The van der Waals surface area contributed by atoms with Crippen LogP contribution in [0.2, 0.25) is 0 Å². The quantitative estimate of drug-likeness (QED) is 0.255. The number of rotatable bonds is 8. The molecule has 59 heavy (non-hydrogen) atoms. The third-order valence-electron chi connectivity index (χ3n) is 14.9. The van der Waals surface area contributed by atoms with Gasteiger partial charge in [-0.25, -0.2) is 13.4 Å². The molecule has 3 aliphatic heterocycles. The van der Waals surface area contributed by atoms with Gasteiger partial charge in [0, 0.05) is 36.9 Å². The Hall–Kier alpha value is -4.20. The zero-order chi connectivity index (χ0) is 41.4. The molecule has 1 saturated heterocycles. The highest BCUT2D eigenvalue weighted by Gasteiger charge is 2.63. The van der Waals surface area contributed by atoms with Crippen LogP contribution in [-0.2, 0) is 33.9 Å². The summed E-state index contributed by atoms with van der Waals surface area (Å²) in [5.41, 5.74) is -0.292. The normalized spacial score (nSPS) is 35.5. The fourth-order valence-electron chi connectivity index (χ4n) is 10.6. The molecule has 9 rings (SSSR count). The Morgan fingerprint density at radius 3 is 2.56 bits per heavy atom. The lowest BCUT2D eigenvalue weighted by Gasteiger charge is -2.32. The molecule has 14 heteroatoms. The molecule has 2 amide bonds. The number of likely N-dealkylation sites (N-methyl/N-ethyl adjacent to an activating group) is 1. The first-order chi connectivity index (χ1) is 28.1. The van der Waals surface area contributed by atoms with Gasteiger partial charge in [0.15, 0.2) is 11.5 Å². The summed E-state index contributed by atoms with van der Waals surface area (Å²) >= 11 is 0. The number of sulfonamides is 1. The van der Waals surface area contributed by atoms with Crippen LogP contribution in [0.3, 0.4) is 0 Å². The monoisotopic (exact) mass is 830 g/mol. The number of carbonyl (C=O) groups excluding carboxylic acids is 4. The first-order valence-corrected chi connectivity index (χ1v) is 23.3. The van der Waals surface area contributed by atoms with Crippen molar-refractivity contribution in [1.82, 2.24) is 14.6 Å². The molecular formula is C45H58N4O9S. The Bertz CT molecular complexity index is 2180.